The predicted molar refractivity (Wildman–Crippen MR) is 236 cm³/mol. The molecule has 1 aromatic heterocycles. The van der Waals surface area contributed by atoms with Crippen molar-refractivity contribution >= 4 is 39.6 Å². The second-order valence-electron chi connectivity index (χ2n) is 18.9. The third kappa shape index (κ3) is 7.36. The fraction of sp³-hybridized carbons (Fsp3) is 0.449. The molecule has 5 heterocycles. The topological polar surface area (TPSA) is 245 Å². The molecule has 6 aliphatic rings. The number of aryl methyl sites for hydroxylation is 1. The van der Waals surface area contributed by atoms with Gasteiger partial charge < -0.3 is 50.2 Å². The lowest BCUT2D eigenvalue weighted by molar-refractivity contribution is -0.763. The fourth-order valence-electron chi connectivity index (χ4n) is 11.5. The van der Waals surface area contributed by atoms with Gasteiger partial charge in [0.05, 0.1) is 17.4 Å². The van der Waals surface area contributed by atoms with Crippen LogP contribution >= 0.6 is 0 Å². The number of aromatic hydroxyl groups is 2. The highest BCUT2D eigenvalue weighted by Crippen LogP contribution is 2.55. The van der Waals surface area contributed by atoms with Gasteiger partial charge in [-0.3, -0.25) is 19.5 Å². The number of allylic oxidation sites excluding steroid dienone is 2. The van der Waals surface area contributed by atoms with Gasteiger partial charge in [0.15, 0.2) is 11.2 Å². The van der Waals surface area contributed by atoms with E-state index in [0.717, 1.165) is 41.9 Å². The number of hydrogen-bond acceptors (Lipinski definition) is 14. The molecule has 1 unspecified atom stereocenters. The highest BCUT2D eigenvalue weighted by atomic mass is 17.2. The fourth-order valence-corrected chi connectivity index (χ4v) is 11.5. The minimum Gasteiger partial charge on any atom is -0.508 e. The van der Waals surface area contributed by atoms with Crippen LogP contribution in [0.2, 0.25) is 0 Å². The van der Waals surface area contributed by atoms with E-state index < -0.39 is 60.7 Å². The summed E-state index contributed by atoms with van der Waals surface area (Å²) in [6.45, 7) is 1.08. The first-order chi connectivity index (χ1) is 31.2. The number of carbonyl (C=O) groups is 1. The van der Waals surface area contributed by atoms with Crippen LogP contribution in [-0.4, -0.2) is 110 Å². The quantitative estimate of drug-likeness (QED) is 0.0565. The Bertz CT molecular complexity index is 2760. The molecule has 0 bridgehead atoms. The summed E-state index contributed by atoms with van der Waals surface area (Å²) >= 11 is 0. The molecule has 4 aromatic rings. The van der Waals surface area contributed by atoms with Crippen molar-refractivity contribution in [2.75, 3.05) is 26.3 Å². The zero-order valence-electron chi connectivity index (χ0n) is 35.9. The maximum atomic E-state index is 13.7. The van der Waals surface area contributed by atoms with Crippen LogP contribution in [0.1, 0.15) is 55.4 Å². The highest BCUT2D eigenvalue weighted by molar-refractivity contribution is 5.92. The number of aliphatic hydroxyl groups is 5. The van der Waals surface area contributed by atoms with Gasteiger partial charge >= 0.3 is 0 Å². The standard InChI is InChI=1S/C49H53N3O13/c1-26-15-38(56)34-16-30-17-40(65-62-25-48(61,45(59)42(58)39(57)24-53)19-27-6-9-37(55)32-8-7-31(54)18-33(27)32)49(13-4-5-28(20-49)35-21-51-46(60)47(35)11-2-3-12-47)64-43(30)41(44(34)63-26)52-22-29-10-14-50-36(29)23-52/h4-10,14-16,18,23,28,35,39-40,42,45,53-55,57-59,61H,2-3,11-13,17,19-22,24-25H2,1H3,(H,51,60)/p+1/t28-,35+,39-,40-,42-,45+,48+,49-/m1/s1. The average Bonchev–Trinajstić information content (AvgIpc) is 4.10. The van der Waals surface area contributed by atoms with Crippen LogP contribution in [0.3, 0.4) is 0 Å². The maximum absolute atomic E-state index is 13.7. The Balaban J connectivity index is 1.04. The summed E-state index contributed by atoms with van der Waals surface area (Å²) < 4.78 is 13.8. The molecule has 65 heavy (non-hydrogen) atoms. The Labute approximate surface area is 373 Å². The molecule has 9 atom stereocenters. The molecule has 3 aromatic carbocycles. The number of rotatable bonds is 12. The van der Waals surface area contributed by atoms with Crippen LogP contribution in [0.15, 0.2) is 92.4 Å². The first kappa shape index (κ1) is 43.5. The lowest BCUT2D eigenvalue weighted by Gasteiger charge is -2.48. The number of fused-ring (bicyclic) bond motifs is 4. The molecule has 1 saturated carbocycles. The lowest BCUT2D eigenvalue weighted by Crippen LogP contribution is -3.01. The van der Waals surface area contributed by atoms with E-state index in [1.165, 1.54) is 36.4 Å². The number of aliphatic hydroxyl groups excluding tert-OH is 4. The van der Waals surface area contributed by atoms with Crippen LogP contribution in [0, 0.1) is 24.2 Å². The van der Waals surface area contributed by atoms with Gasteiger partial charge in [-0.15, -0.1) is 0 Å². The van der Waals surface area contributed by atoms with E-state index in [2.05, 4.69) is 22.5 Å². The van der Waals surface area contributed by atoms with Gasteiger partial charge in [-0.25, -0.2) is 9.78 Å². The number of benzene rings is 3. The third-order valence-electron chi connectivity index (χ3n) is 14.9. The summed E-state index contributed by atoms with van der Waals surface area (Å²) in [5.41, 5.74) is -0.402. The van der Waals surface area contributed by atoms with Crippen molar-refractivity contribution in [3.8, 4) is 17.2 Å². The number of phenols is 2. The van der Waals surface area contributed by atoms with E-state index >= 15 is 0 Å². The second kappa shape index (κ2) is 16.5. The van der Waals surface area contributed by atoms with Crippen molar-refractivity contribution < 1.29 is 64.4 Å². The SMILES string of the molecule is Cc1cc(=O)c2cc3c(c([NH+]4C=C5N=CC=C5C4)c2o1)O[C@@]1(CC=C[C@@H]([C@@H]2CNC(=O)C24CCCC4)C1)[C@H](OOC[C@@](O)(Cc1ccc(O)c2ccc(O)cc12)[C@@H](O)[C@H](O)[C@H](O)CO)C3. The van der Waals surface area contributed by atoms with E-state index in [1.54, 1.807) is 19.2 Å². The second-order valence-corrected chi connectivity index (χ2v) is 18.9. The molecule has 2 aliphatic carbocycles. The van der Waals surface area contributed by atoms with E-state index in [1.807, 2.05) is 12.3 Å². The van der Waals surface area contributed by atoms with Crippen LogP contribution < -0.4 is 20.4 Å². The summed E-state index contributed by atoms with van der Waals surface area (Å²) in [7, 11) is 0. The molecule has 2 spiro atoms. The molecule has 10 rings (SSSR count). The molecule has 16 heteroatoms. The predicted octanol–water partition coefficient (Wildman–Crippen LogP) is 2.36. The number of phenolic OH excluding ortho intramolecular Hbond substituents is 2. The van der Waals surface area contributed by atoms with Crippen molar-refractivity contribution in [2.24, 2.45) is 22.2 Å². The largest absolute Gasteiger partial charge is 0.508 e. The van der Waals surface area contributed by atoms with Gasteiger partial charge in [-0.2, -0.15) is 0 Å². The summed E-state index contributed by atoms with van der Waals surface area (Å²) in [5.74, 6) is 0.692. The summed E-state index contributed by atoms with van der Waals surface area (Å²) in [5, 5.41) is 80.3. The van der Waals surface area contributed by atoms with Crippen LogP contribution in [-0.2, 0) is 27.4 Å². The number of aliphatic imine (C=N–C) groups is 1. The van der Waals surface area contributed by atoms with Crippen LogP contribution in [0.25, 0.3) is 21.7 Å². The van der Waals surface area contributed by atoms with Gasteiger partial charge in [0, 0.05) is 54.6 Å². The number of carbonyl (C=O) groups excluding carboxylic acids is 1. The van der Waals surface area contributed by atoms with Gasteiger partial charge in [0.2, 0.25) is 17.2 Å². The molecule has 0 radical (unpaired) electrons. The molecule has 16 nitrogen and oxygen atoms in total. The number of quaternary nitrogens is 1. The number of amides is 1. The molecule has 1 amide bonds. The van der Waals surface area contributed by atoms with E-state index in [4.69, 9.17) is 18.9 Å². The smallest absolute Gasteiger partial charge is 0.226 e. The van der Waals surface area contributed by atoms with Crippen LogP contribution in [0.5, 0.6) is 17.2 Å². The zero-order valence-corrected chi connectivity index (χ0v) is 35.9. The van der Waals surface area contributed by atoms with E-state index in [0.29, 0.717) is 76.0 Å². The Morgan fingerprint density at radius 1 is 1.05 bits per heavy atom. The monoisotopic (exact) mass is 892 g/mol. The summed E-state index contributed by atoms with van der Waals surface area (Å²) in [4.78, 5) is 45.1. The van der Waals surface area contributed by atoms with E-state index in [9.17, 15) is 45.3 Å². The Kier molecular flexibility index (Phi) is 11.0. The van der Waals surface area contributed by atoms with E-state index in [-0.39, 0.29) is 41.1 Å². The summed E-state index contributed by atoms with van der Waals surface area (Å²) in [6, 6.07) is 10.4. The Morgan fingerprint density at radius 3 is 2.65 bits per heavy atom. The Morgan fingerprint density at radius 2 is 1.86 bits per heavy atom. The Hall–Kier alpha value is -5.43. The van der Waals surface area contributed by atoms with Crippen LogP contribution in [0.4, 0.5) is 5.69 Å². The number of hydrogen-bond donors (Lipinski definition) is 9. The zero-order chi connectivity index (χ0) is 45.4. The highest BCUT2D eigenvalue weighted by Gasteiger charge is 2.58. The van der Waals surface area contributed by atoms with Crippen molar-refractivity contribution in [3.05, 3.63) is 105 Å². The van der Waals surface area contributed by atoms with Gasteiger partial charge in [0.1, 0.15) is 77.9 Å². The van der Waals surface area contributed by atoms with Crippen molar-refractivity contribution in [2.45, 2.75) is 93.9 Å². The molecule has 342 valence electrons. The normalized spacial score (nSPS) is 27.6. The summed E-state index contributed by atoms with van der Waals surface area (Å²) in [6.07, 6.45) is 7.05. The van der Waals surface area contributed by atoms with Crippen molar-refractivity contribution in [1.82, 2.24) is 5.32 Å². The maximum Gasteiger partial charge on any atom is 0.226 e. The van der Waals surface area contributed by atoms with Crippen molar-refractivity contribution in [3.63, 3.8) is 0 Å². The molecule has 4 aliphatic heterocycles. The molecule has 2 fully saturated rings. The number of nitrogens with zero attached hydrogens (tertiary/aromatic N) is 1. The minimum absolute atomic E-state index is 0.0217. The molecular weight excluding hydrogens is 839 g/mol. The third-order valence-corrected chi connectivity index (χ3v) is 14.9. The number of nitrogens with one attached hydrogen (secondary N) is 2. The van der Waals surface area contributed by atoms with Crippen molar-refractivity contribution in [1.29, 1.82) is 0 Å². The van der Waals surface area contributed by atoms with Gasteiger partial charge in [-0.05, 0) is 85.4 Å². The first-order valence-electron chi connectivity index (χ1n) is 22.4. The molecule has 9 N–H and O–H groups in total. The van der Waals surface area contributed by atoms with Gasteiger partial charge in [0.25, 0.3) is 0 Å². The lowest BCUT2D eigenvalue weighted by atomic mass is 9.64. The molecular formula is C49H54N3O13+. The first-order valence-corrected chi connectivity index (χ1v) is 22.4. The van der Waals surface area contributed by atoms with Gasteiger partial charge in [-0.1, -0.05) is 31.1 Å². The number of ether oxygens (including phenoxy) is 1. The average molecular weight is 893 g/mol. The molecule has 1 saturated heterocycles. The minimum atomic E-state index is -2.41.